The summed E-state index contributed by atoms with van der Waals surface area (Å²) in [5.74, 6) is 1.77. The minimum Gasteiger partial charge on any atom is -0.356 e. The number of hydrogen-bond acceptors (Lipinski definition) is 3. The summed E-state index contributed by atoms with van der Waals surface area (Å²) in [6.45, 7) is 11.2. The van der Waals surface area contributed by atoms with Gasteiger partial charge in [0.2, 0.25) is 0 Å². The summed E-state index contributed by atoms with van der Waals surface area (Å²) in [6.07, 6.45) is 6.26. The summed E-state index contributed by atoms with van der Waals surface area (Å²) in [4.78, 5) is 16.6. The molecule has 2 heterocycles. The Morgan fingerprint density at radius 1 is 1.33 bits per heavy atom. The second-order valence-electron chi connectivity index (χ2n) is 8.53. The standard InChI is InChI=1S/C19H36N6O.HI/c1-15(10-11-19(2,3)4)22-17(20-5)21-12-8-14-25-18(26)24-13-7-6-9-16(24)23-25;/h15H,6-14H2,1-5H3,(H2,20,21,22);1H. The van der Waals surface area contributed by atoms with Crippen LogP contribution in [-0.4, -0.2) is 39.9 Å². The fraction of sp³-hybridized carbons (Fsp3) is 0.842. The maximum absolute atomic E-state index is 12.3. The van der Waals surface area contributed by atoms with Crippen molar-refractivity contribution in [3.05, 3.63) is 16.3 Å². The van der Waals surface area contributed by atoms with Gasteiger partial charge in [-0.25, -0.2) is 9.48 Å². The highest BCUT2D eigenvalue weighted by Gasteiger charge is 2.16. The Bertz CT molecular complexity index is 658. The van der Waals surface area contributed by atoms with Crippen molar-refractivity contribution in [3.63, 3.8) is 0 Å². The van der Waals surface area contributed by atoms with Crippen molar-refractivity contribution in [2.45, 2.75) is 85.4 Å². The van der Waals surface area contributed by atoms with Gasteiger partial charge in [0.1, 0.15) is 5.82 Å². The van der Waals surface area contributed by atoms with E-state index in [0.29, 0.717) is 18.0 Å². The number of rotatable bonds is 7. The summed E-state index contributed by atoms with van der Waals surface area (Å²) in [5, 5.41) is 11.3. The minimum atomic E-state index is 0. The molecule has 0 saturated heterocycles. The Labute approximate surface area is 180 Å². The summed E-state index contributed by atoms with van der Waals surface area (Å²) in [6, 6.07) is 0.378. The highest BCUT2D eigenvalue weighted by Crippen LogP contribution is 2.21. The highest BCUT2D eigenvalue weighted by molar-refractivity contribution is 14.0. The molecule has 156 valence electrons. The van der Waals surface area contributed by atoms with Crippen LogP contribution < -0.4 is 16.3 Å². The summed E-state index contributed by atoms with van der Waals surface area (Å²) in [7, 11) is 1.79. The third-order valence-electron chi connectivity index (χ3n) is 4.80. The molecule has 0 aliphatic carbocycles. The van der Waals surface area contributed by atoms with Gasteiger partial charge in [0.05, 0.1) is 0 Å². The maximum atomic E-state index is 12.3. The van der Waals surface area contributed by atoms with Gasteiger partial charge < -0.3 is 10.6 Å². The first-order valence-corrected chi connectivity index (χ1v) is 9.94. The van der Waals surface area contributed by atoms with Crippen LogP contribution in [0.5, 0.6) is 0 Å². The zero-order valence-electron chi connectivity index (χ0n) is 17.5. The third-order valence-corrected chi connectivity index (χ3v) is 4.80. The molecule has 7 nitrogen and oxygen atoms in total. The lowest BCUT2D eigenvalue weighted by Crippen LogP contribution is -2.43. The van der Waals surface area contributed by atoms with Crippen LogP contribution in [0.2, 0.25) is 0 Å². The van der Waals surface area contributed by atoms with Crippen LogP contribution in [0.25, 0.3) is 0 Å². The summed E-state index contributed by atoms with van der Waals surface area (Å²) >= 11 is 0. The molecule has 0 fully saturated rings. The van der Waals surface area contributed by atoms with E-state index in [-0.39, 0.29) is 29.7 Å². The molecular formula is C19H37IN6O. The van der Waals surface area contributed by atoms with Crippen LogP contribution in [0.4, 0.5) is 0 Å². The summed E-state index contributed by atoms with van der Waals surface area (Å²) in [5.41, 5.74) is 0.391. The SMILES string of the molecule is CN=C(NCCCn1nc2n(c1=O)CCCC2)NC(C)CCC(C)(C)C.I. The Morgan fingerprint density at radius 2 is 2.07 bits per heavy atom. The van der Waals surface area contributed by atoms with E-state index in [4.69, 9.17) is 0 Å². The van der Waals surface area contributed by atoms with E-state index in [2.05, 4.69) is 48.4 Å². The molecule has 0 aromatic carbocycles. The Morgan fingerprint density at radius 3 is 2.70 bits per heavy atom. The lowest BCUT2D eigenvalue weighted by atomic mass is 9.89. The minimum absolute atomic E-state index is 0. The largest absolute Gasteiger partial charge is 0.356 e. The molecule has 0 amide bonds. The zero-order chi connectivity index (χ0) is 19.2. The molecule has 0 saturated carbocycles. The molecule has 1 aromatic rings. The average molecular weight is 492 g/mol. The van der Waals surface area contributed by atoms with E-state index in [1.807, 2.05) is 4.57 Å². The number of nitrogens with zero attached hydrogens (tertiary/aromatic N) is 4. The molecule has 2 rings (SSSR count). The fourth-order valence-electron chi connectivity index (χ4n) is 3.18. The van der Waals surface area contributed by atoms with E-state index in [1.165, 1.54) is 6.42 Å². The highest BCUT2D eigenvalue weighted by atomic mass is 127. The number of fused-ring (bicyclic) bond motifs is 1. The predicted octanol–water partition coefficient (Wildman–Crippen LogP) is 2.77. The van der Waals surface area contributed by atoms with E-state index in [9.17, 15) is 4.79 Å². The first-order valence-electron chi connectivity index (χ1n) is 9.94. The number of guanidine groups is 1. The molecule has 0 bridgehead atoms. The first kappa shape index (κ1) is 24.0. The molecule has 27 heavy (non-hydrogen) atoms. The van der Waals surface area contributed by atoms with Crippen molar-refractivity contribution in [2.24, 2.45) is 10.4 Å². The smallest absolute Gasteiger partial charge is 0.345 e. The van der Waals surface area contributed by atoms with Crippen LogP contribution in [0.15, 0.2) is 9.79 Å². The monoisotopic (exact) mass is 492 g/mol. The van der Waals surface area contributed by atoms with E-state index in [1.54, 1.807) is 11.7 Å². The fourth-order valence-corrected chi connectivity index (χ4v) is 3.18. The van der Waals surface area contributed by atoms with Crippen LogP contribution in [0.1, 0.15) is 65.6 Å². The summed E-state index contributed by atoms with van der Waals surface area (Å²) < 4.78 is 3.44. The molecule has 1 aliphatic heterocycles. The van der Waals surface area contributed by atoms with Gasteiger partial charge in [-0.15, -0.1) is 24.0 Å². The van der Waals surface area contributed by atoms with Crippen LogP contribution in [0, 0.1) is 5.41 Å². The Hall–Kier alpha value is -1.06. The van der Waals surface area contributed by atoms with Gasteiger partial charge in [0.15, 0.2) is 5.96 Å². The molecule has 0 spiro atoms. The van der Waals surface area contributed by atoms with Gasteiger partial charge in [0.25, 0.3) is 0 Å². The Kier molecular flexibility index (Phi) is 9.83. The lowest BCUT2D eigenvalue weighted by molar-refractivity contribution is 0.346. The van der Waals surface area contributed by atoms with Gasteiger partial charge in [0, 0.05) is 39.1 Å². The third kappa shape index (κ3) is 7.83. The molecule has 2 N–H and O–H groups in total. The molecule has 0 radical (unpaired) electrons. The number of aromatic nitrogens is 3. The predicted molar refractivity (Wildman–Crippen MR) is 122 cm³/mol. The van der Waals surface area contributed by atoms with Crippen molar-refractivity contribution < 1.29 is 0 Å². The van der Waals surface area contributed by atoms with Gasteiger partial charge in [-0.05, 0) is 44.4 Å². The molecule has 1 atom stereocenters. The van der Waals surface area contributed by atoms with Crippen LogP contribution in [-0.2, 0) is 19.5 Å². The lowest BCUT2D eigenvalue weighted by Gasteiger charge is -2.23. The zero-order valence-corrected chi connectivity index (χ0v) is 19.9. The first-order chi connectivity index (χ1) is 12.3. The number of aryl methyl sites for hydroxylation is 2. The topological polar surface area (TPSA) is 76.2 Å². The van der Waals surface area contributed by atoms with Crippen LogP contribution in [0.3, 0.4) is 0 Å². The van der Waals surface area contributed by atoms with Gasteiger partial charge in [-0.2, -0.15) is 5.10 Å². The van der Waals surface area contributed by atoms with Crippen molar-refractivity contribution in [1.29, 1.82) is 0 Å². The molecular weight excluding hydrogens is 455 g/mol. The van der Waals surface area contributed by atoms with Crippen molar-refractivity contribution >= 4 is 29.9 Å². The second kappa shape index (κ2) is 11.1. The van der Waals surface area contributed by atoms with Gasteiger partial charge in [-0.1, -0.05) is 20.8 Å². The maximum Gasteiger partial charge on any atom is 0.345 e. The van der Waals surface area contributed by atoms with Gasteiger partial charge >= 0.3 is 5.69 Å². The normalized spacial score (nSPS) is 15.7. The van der Waals surface area contributed by atoms with Gasteiger partial charge in [-0.3, -0.25) is 9.56 Å². The van der Waals surface area contributed by atoms with Crippen molar-refractivity contribution in [3.8, 4) is 0 Å². The molecule has 1 unspecified atom stereocenters. The second-order valence-corrected chi connectivity index (χ2v) is 8.53. The number of halogens is 1. The molecule has 1 aliphatic rings. The number of nitrogens with one attached hydrogen (secondary N) is 2. The van der Waals surface area contributed by atoms with Crippen molar-refractivity contribution in [1.82, 2.24) is 25.0 Å². The van der Waals surface area contributed by atoms with E-state index in [0.717, 1.165) is 57.0 Å². The quantitative estimate of drug-likeness (QED) is 0.266. The number of aliphatic imine (C=N–C) groups is 1. The van der Waals surface area contributed by atoms with Crippen molar-refractivity contribution in [2.75, 3.05) is 13.6 Å². The average Bonchev–Trinajstić information content (AvgIpc) is 2.91. The van der Waals surface area contributed by atoms with Crippen LogP contribution >= 0.6 is 24.0 Å². The molecule has 1 aromatic heterocycles. The van der Waals surface area contributed by atoms with E-state index >= 15 is 0 Å². The number of hydrogen-bond donors (Lipinski definition) is 2. The molecule has 8 heteroatoms. The van der Waals surface area contributed by atoms with E-state index < -0.39 is 0 Å². The Balaban J connectivity index is 0.00000364.